The zero-order valence-electron chi connectivity index (χ0n) is 15.6. The zero-order chi connectivity index (χ0) is 18.8. The number of hydrogen-bond donors (Lipinski definition) is 0. The molecule has 6 nitrogen and oxygen atoms in total. The number of hydrogen-bond acceptors (Lipinski definition) is 4. The largest absolute Gasteiger partial charge is 0.459 e. The predicted octanol–water partition coefficient (Wildman–Crippen LogP) is 2.01. The van der Waals surface area contributed by atoms with Crippen molar-refractivity contribution < 1.29 is 14.0 Å². The number of fused-ring (bicyclic) bond motifs is 1. The molecule has 1 atom stereocenters. The molecule has 0 aliphatic carbocycles. The lowest BCUT2D eigenvalue weighted by atomic mass is 9.92. The minimum absolute atomic E-state index is 0.0414. The number of likely N-dealkylation sites (N-methyl/N-ethyl adjacent to an activating group) is 1. The minimum Gasteiger partial charge on any atom is -0.459 e. The van der Waals surface area contributed by atoms with Gasteiger partial charge in [-0.3, -0.25) is 9.59 Å². The van der Waals surface area contributed by atoms with E-state index in [1.54, 1.807) is 17.0 Å². The summed E-state index contributed by atoms with van der Waals surface area (Å²) in [5.41, 5.74) is 2.24. The Morgan fingerprint density at radius 3 is 2.59 bits per heavy atom. The number of furan rings is 1. The highest BCUT2D eigenvalue weighted by Crippen LogP contribution is 2.26. The summed E-state index contributed by atoms with van der Waals surface area (Å²) in [5.74, 6) is 0.0993. The molecule has 2 amide bonds. The van der Waals surface area contributed by atoms with Gasteiger partial charge in [0.2, 0.25) is 5.91 Å². The third-order valence-electron chi connectivity index (χ3n) is 5.56. The van der Waals surface area contributed by atoms with Crippen molar-refractivity contribution in [3.05, 3.63) is 59.5 Å². The first-order valence-corrected chi connectivity index (χ1v) is 9.52. The lowest BCUT2D eigenvalue weighted by Crippen LogP contribution is -2.54. The number of amides is 2. The van der Waals surface area contributed by atoms with Crippen LogP contribution in [0.15, 0.2) is 47.1 Å². The van der Waals surface area contributed by atoms with Gasteiger partial charge in [0.15, 0.2) is 5.76 Å². The number of nitrogens with zero attached hydrogens (tertiary/aromatic N) is 3. The molecule has 6 heteroatoms. The topological polar surface area (TPSA) is 57.0 Å². The molecule has 0 spiro atoms. The highest BCUT2D eigenvalue weighted by atomic mass is 16.3. The maximum Gasteiger partial charge on any atom is 0.290 e. The van der Waals surface area contributed by atoms with Crippen molar-refractivity contribution >= 4 is 11.8 Å². The summed E-state index contributed by atoms with van der Waals surface area (Å²) in [7, 11) is 2.08. The van der Waals surface area contributed by atoms with Gasteiger partial charge in [0.05, 0.1) is 6.26 Å². The van der Waals surface area contributed by atoms with Crippen molar-refractivity contribution in [3.63, 3.8) is 0 Å². The highest BCUT2D eigenvalue weighted by molar-refractivity contribution is 5.96. The van der Waals surface area contributed by atoms with Gasteiger partial charge in [0, 0.05) is 32.6 Å². The zero-order valence-corrected chi connectivity index (χ0v) is 15.6. The van der Waals surface area contributed by atoms with E-state index >= 15 is 0 Å². The average molecular weight is 367 g/mol. The summed E-state index contributed by atoms with van der Waals surface area (Å²) in [6.45, 7) is 3.73. The fraction of sp³-hybridized carbons (Fsp3) is 0.429. The first-order valence-electron chi connectivity index (χ1n) is 9.52. The van der Waals surface area contributed by atoms with E-state index in [1.165, 1.54) is 6.26 Å². The van der Waals surface area contributed by atoms with Crippen molar-refractivity contribution in [2.24, 2.45) is 0 Å². The van der Waals surface area contributed by atoms with Crippen molar-refractivity contribution in [2.45, 2.75) is 25.4 Å². The standard InChI is InChI=1S/C21H25N3O3/c1-22-9-5-10-23(12-11-22)20(25)18-14-16-6-2-3-7-17(16)15-24(18)21(26)19-8-4-13-27-19/h2-4,6-8,13,18H,5,9-12,14-15H2,1H3. The van der Waals surface area contributed by atoms with Crippen LogP contribution in [0.2, 0.25) is 0 Å². The Morgan fingerprint density at radius 2 is 1.81 bits per heavy atom. The maximum atomic E-state index is 13.4. The number of benzene rings is 1. The molecule has 0 saturated carbocycles. The Hall–Kier alpha value is -2.60. The lowest BCUT2D eigenvalue weighted by Gasteiger charge is -2.38. The smallest absolute Gasteiger partial charge is 0.290 e. The Bertz CT molecular complexity index is 818. The van der Waals surface area contributed by atoms with Crippen LogP contribution in [0.25, 0.3) is 0 Å². The third-order valence-corrected chi connectivity index (χ3v) is 5.56. The van der Waals surface area contributed by atoms with Crippen LogP contribution < -0.4 is 0 Å². The van der Waals surface area contributed by atoms with E-state index in [4.69, 9.17) is 4.42 Å². The van der Waals surface area contributed by atoms with Crippen LogP contribution in [-0.4, -0.2) is 65.8 Å². The quantitative estimate of drug-likeness (QED) is 0.815. The molecule has 0 radical (unpaired) electrons. The van der Waals surface area contributed by atoms with Crippen LogP contribution in [0.5, 0.6) is 0 Å². The minimum atomic E-state index is -0.485. The molecular formula is C21H25N3O3. The second-order valence-electron chi connectivity index (χ2n) is 7.38. The van der Waals surface area contributed by atoms with Crippen molar-refractivity contribution in [1.82, 2.24) is 14.7 Å². The van der Waals surface area contributed by atoms with Crippen LogP contribution in [0, 0.1) is 0 Å². The lowest BCUT2D eigenvalue weighted by molar-refractivity contribution is -0.136. The maximum absolute atomic E-state index is 13.4. The Morgan fingerprint density at radius 1 is 1.00 bits per heavy atom. The van der Waals surface area contributed by atoms with Crippen LogP contribution in [-0.2, 0) is 17.8 Å². The van der Waals surface area contributed by atoms with Gasteiger partial charge in [-0.15, -0.1) is 0 Å². The van der Waals surface area contributed by atoms with E-state index in [-0.39, 0.29) is 17.6 Å². The van der Waals surface area contributed by atoms with Gasteiger partial charge in [-0.25, -0.2) is 0 Å². The normalized spacial score (nSPS) is 20.9. The molecule has 142 valence electrons. The molecule has 2 aliphatic rings. The molecule has 1 fully saturated rings. The van der Waals surface area contributed by atoms with E-state index in [2.05, 4.69) is 18.0 Å². The molecule has 4 rings (SSSR count). The number of rotatable bonds is 2. The summed E-state index contributed by atoms with van der Waals surface area (Å²) in [5, 5.41) is 0. The summed E-state index contributed by atoms with van der Waals surface area (Å²) in [6.07, 6.45) is 3.00. The number of carbonyl (C=O) groups is 2. The molecule has 27 heavy (non-hydrogen) atoms. The molecule has 1 unspecified atom stereocenters. The van der Waals surface area contributed by atoms with E-state index < -0.39 is 6.04 Å². The van der Waals surface area contributed by atoms with Crippen LogP contribution in [0.4, 0.5) is 0 Å². The van der Waals surface area contributed by atoms with Crippen LogP contribution >= 0.6 is 0 Å². The second-order valence-corrected chi connectivity index (χ2v) is 7.38. The van der Waals surface area contributed by atoms with E-state index in [9.17, 15) is 9.59 Å². The second kappa shape index (κ2) is 7.56. The molecule has 1 saturated heterocycles. The monoisotopic (exact) mass is 367 g/mol. The third kappa shape index (κ3) is 3.62. The Labute approximate surface area is 159 Å². The highest BCUT2D eigenvalue weighted by Gasteiger charge is 2.38. The molecule has 1 aromatic carbocycles. The van der Waals surface area contributed by atoms with Gasteiger partial charge < -0.3 is 19.1 Å². The van der Waals surface area contributed by atoms with Crippen molar-refractivity contribution in [1.29, 1.82) is 0 Å². The van der Waals surface area contributed by atoms with Gasteiger partial charge in [0.25, 0.3) is 5.91 Å². The van der Waals surface area contributed by atoms with Gasteiger partial charge >= 0.3 is 0 Å². The Kier molecular flexibility index (Phi) is 4.99. The average Bonchev–Trinajstić information content (AvgIpc) is 3.14. The van der Waals surface area contributed by atoms with Gasteiger partial charge in [-0.05, 0) is 43.3 Å². The number of carbonyl (C=O) groups excluding carboxylic acids is 2. The molecule has 2 aromatic rings. The molecule has 3 heterocycles. The first-order chi connectivity index (χ1) is 13.1. The molecule has 2 aliphatic heterocycles. The first kappa shape index (κ1) is 17.8. The van der Waals surface area contributed by atoms with E-state index in [1.807, 2.05) is 23.1 Å². The summed E-state index contributed by atoms with van der Waals surface area (Å²) >= 11 is 0. The molecule has 0 N–H and O–H groups in total. The molecule has 0 bridgehead atoms. The van der Waals surface area contributed by atoms with Gasteiger partial charge in [-0.1, -0.05) is 24.3 Å². The Balaban J connectivity index is 1.62. The summed E-state index contributed by atoms with van der Waals surface area (Å²) < 4.78 is 5.32. The van der Waals surface area contributed by atoms with Crippen molar-refractivity contribution in [3.8, 4) is 0 Å². The van der Waals surface area contributed by atoms with E-state index in [0.29, 0.717) is 19.5 Å². The predicted molar refractivity (Wildman–Crippen MR) is 101 cm³/mol. The van der Waals surface area contributed by atoms with Crippen molar-refractivity contribution in [2.75, 3.05) is 33.2 Å². The van der Waals surface area contributed by atoms with Crippen LogP contribution in [0.1, 0.15) is 28.1 Å². The fourth-order valence-corrected chi connectivity index (χ4v) is 3.98. The molecular weight excluding hydrogens is 342 g/mol. The van der Waals surface area contributed by atoms with Crippen LogP contribution in [0.3, 0.4) is 0 Å². The van der Waals surface area contributed by atoms with E-state index in [0.717, 1.165) is 37.2 Å². The van der Waals surface area contributed by atoms with Gasteiger partial charge in [-0.2, -0.15) is 0 Å². The molecule has 1 aromatic heterocycles. The summed E-state index contributed by atoms with van der Waals surface area (Å²) in [4.78, 5) is 32.3. The summed E-state index contributed by atoms with van der Waals surface area (Å²) in [6, 6.07) is 10.9. The van der Waals surface area contributed by atoms with Gasteiger partial charge in [0.1, 0.15) is 6.04 Å². The fourth-order valence-electron chi connectivity index (χ4n) is 3.98. The SMILES string of the molecule is CN1CCCN(C(=O)C2Cc3ccccc3CN2C(=O)c2ccco2)CC1.